The van der Waals surface area contributed by atoms with Crippen molar-refractivity contribution in [3.8, 4) is 0 Å². The SMILES string of the molecule is CCCCC[Si](OC)(OC)c1ccccc1. The number of benzene rings is 1. The maximum atomic E-state index is 5.74. The molecule has 0 aliphatic rings. The van der Waals surface area contributed by atoms with Gasteiger partial charge in [-0.3, -0.25) is 0 Å². The van der Waals surface area contributed by atoms with E-state index in [0.29, 0.717) is 0 Å². The maximum absolute atomic E-state index is 5.74. The summed E-state index contributed by atoms with van der Waals surface area (Å²) in [6.45, 7) is 2.21. The molecule has 0 aliphatic heterocycles. The molecular formula is C13H22O2Si. The topological polar surface area (TPSA) is 18.5 Å². The van der Waals surface area contributed by atoms with Crippen LogP contribution >= 0.6 is 0 Å². The fraction of sp³-hybridized carbons (Fsp3) is 0.538. The van der Waals surface area contributed by atoms with Crippen LogP contribution in [-0.2, 0) is 8.85 Å². The largest absolute Gasteiger partial charge is 0.394 e. The van der Waals surface area contributed by atoms with Crippen molar-refractivity contribution >= 4 is 13.7 Å². The monoisotopic (exact) mass is 238 g/mol. The Bertz CT molecular complexity index is 283. The van der Waals surface area contributed by atoms with Gasteiger partial charge in [0.05, 0.1) is 0 Å². The van der Waals surface area contributed by atoms with E-state index >= 15 is 0 Å². The zero-order valence-corrected chi connectivity index (χ0v) is 11.5. The Morgan fingerprint density at radius 3 is 2.12 bits per heavy atom. The zero-order chi connectivity index (χ0) is 11.9. The highest BCUT2D eigenvalue weighted by molar-refractivity contribution is 6.81. The van der Waals surface area contributed by atoms with Crippen molar-refractivity contribution in [2.75, 3.05) is 14.2 Å². The van der Waals surface area contributed by atoms with Crippen LogP contribution in [0.25, 0.3) is 0 Å². The summed E-state index contributed by atoms with van der Waals surface area (Å²) in [7, 11) is 1.39. The first-order valence-corrected chi connectivity index (χ1v) is 7.97. The van der Waals surface area contributed by atoms with Crippen molar-refractivity contribution in [1.82, 2.24) is 0 Å². The molecule has 0 saturated carbocycles. The van der Waals surface area contributed by atoms with Crippen LogP contribution in [0.15, 0.2) is 30.3 Å². The van der Waals surface area contributed by atoms with Gasteiger partial charge >= 0.3 is 8.56 Å². The van der Waals surface area contributed by atoms with Crippen LogP contribution in [0.4, 0.5) is 0 Å². The fourth-order valence-electron chi connectivity index (χ4n) is 1.97. The molecule has 0 unspecified atom stereocenters. The highest BCUT2D eigenvalue weighted by Gasteiger charge is 2.37. The van der Waals surface area contributed by atoms with E-state index in [4.69, 9.17) is 8.85 Å². The van der Waals surface area contributed by atoms with Gasteiger partial charge in [-0.15, -0.1) is 0 Å². The van der Waals surface area contributed by atoms with Crippen molar-refractivity contribution in [1.29, 1.82) is 0 Å². The Hall–Kier alpha value is -0.643. The lowest BCUT2D eigenvalue weighted by molar-refractivity contribution is 0.256. The molecule has 0 fully saturated rings. The highest BCUT2D eigenvalue weighted by atomic mass is 28.4. The van der Waals surface area contributed by atoms with Crippen LogP contribution in [0.3, 0.4) is 0 Å². The van der Waals surface area contributed by atoms with Gasteiger partial charge < -0.3 is 8.85 Å². The molecule has 0 saturated heterocycles. The summed E-state index contributed by atoms with van der Waals surface area (Å²) in [6.07, 6.45) is 3.65. The Balaban J connectivity index is 2.79. The molecular weight excluding hydrogens is 216 g/mol. The first kappa shape index (κ1) is 13.4. The summed E-state index contributed by atoms with van der Waals surface area (Å²) in [6, 6.07) is 11.4. The maximum Gasteiger partial charge on any atom is 0.371 e. The predicted octanol–water partition coefficient (Wildman–Crippen LogP) is 2.82. The van der Waals surface area contributed by atoms with Crippen molar-refractivity contribution in [3.05, 3.63) is 30.3 Å². The predicted molar refractivity (Wildman–Crippen MR) is 70.2 cm³/mol. The molecule has 16 heavy (non-hydrogen) atoms. The third-order valence-corrected chi connectivity index (χ3v) is 6.53. The summed E-state index contributed by atoms with van der Waals surface area (Å²) in [5.41, 5.74) is 0. The summed E-state index contributed by atoms with van der Waals surface area (Å²) >= 11 is 0. The molecule has 1 aromatic carbocycles. The molecule has 1 rings (SSSR count). The van der Waals surface area contributed by atoms with E-state index in [9.17, 15) is 0 Å². The third kappa shape index (κ3) is 3.17. The smallest absolute Gasteiger partial charge is 0.371 e. The first-order chi connectivity index (χ1) is 7.79. The second kappa shape index (κ2) is 6.84. The van der Waals surface area contributed by atoms with Gasteiger partial charge in [-0.05, 0) is 11.2 Å². The molecule has 0 radical (unpaired) electrons. The molecule has 2 nitrogen and oxygen atoms in total. The van der Waals surface area contributed by atoms with E-state index in [-0.39, 0.29) is 0 Å². The third-order valence-electron chi connectivity index (χ3n) is 2.98. The minimum atomic E-state index is -2.16. The van der Waals surface area contributed by atoms with E-state index in [0.717, 1.165) is 6.04 Å². The molecule has 3 heteroatoms. The van der Waals surface area contributed by atoms with E-state index in [2.05, 4.69) is 31.2 Å². The second-order valence-corrected chi connectivity index (χ2v) is 7.38. The highest BCUT2D eigenvalue weighted by Crippen LogP contribution is 2.16. The Morgan fingerprint density at radius 1 is 1.00 bits per heavy atom. The second-order valence-electron chi connectivity index (χ2n) is 3.98. The molecule has 1 aromatic rings. The van der Waals surface area contributed by atoms with Crippen LogP contribution < -0.4 is 5.19 Å². The lowest BCUT2D eigenvalue weighted by Crippen LogP contribution is -2.52. The van der Waals surface area contributed by atoms with Gasteiger partial charge in [0.1, 0.15) is 0 Å². The normalized spacial score (nSPS) is 11.7. The molecule has 0 aromatic heterocycles. The van der Waals surface area contributed by atoms with Crippen molar-refractivity contribution < 1.29 is 8.85 Å². The van der Waals surface area contributed by atoms with Gasteiger partial charge in [0.2, 0.25) is 0 Å². The number of unbranched alkanes of at least 4 members (excludes halogenated alkanes) is 2. The van der Waals surface area contributed by atoms with Crippen LogP contribution in [0.1, 0.15) is 26.2 Å². The lowest BCUT2D eigenvalue weighted by atomic mass is 10.3. The van der Waals surface area contributed by atoms with Crippen molar-refractivity contribution in [2.24, 2.45) is 0 Å². The summed E-state index contributed by atoms with van der Waals surface area (Å²) in [5.74, 6) is 0. The van der Waals surface area contributed by atoms with E-state index < -0.39 is 8.56 Å². The molecule has 0 spiro atoms. The van der Waals surface area contributed by atoms with Crippen molar-refractivity contribution in [3.63, 3.8) is 0 Å². The van der Waals surface area contributed by atoms with Gasteiger partial charge in [-0.2, -0.15) is 0 Å². The van der Waals surface area contributed by atoms with E-state index in [1.165, 1.54) is 24.4 Å². The lowest BCUT2D eigenvalue weighted by Gasteiger charge is -2.27. The Kier molecular flexibility index (Phi) is 5.73. The van der Waals surface area contributed by atoms with E-state index in [1.54, 1.807) is 14.2 Å². The van der Waals surface area contributed by atoms with Gasteiger partial charge in [0, 0.05) is 14.2 Å². The van der Waals surface area contributed by atoms with Gasteiger partial charge in [-0.1, -0.05) is 56.5 Å². The number of rotatable bonds is 7. The standard InChI is InChI=1S/C13H22O2Si/c1-4-5-9-12-16(14-2,15-3)13-10-7-6-8-11-13/h6-8,10-11H,4-5,9,12H2,1-3H3. The van der Waals surface area contributed by atoms with Gasteiger partial charge in [0.15, 0.2) is 0 Å². The number of hydrogen-bond donors (Lipinski definition) is 0. The minimum absolute atomic E-state index is 1.04. The quantitative estimate of drug-likeness (QED) is 0.537. The molecule has 0 N–H and O–H groups in total. The molecule has 0 heterocycles. The molecule has 0 amide bonds. The van der Waals surface area contributed by atoms with Crippen molar-refractivity contribution in [2.45, 2.75) is 32.2 Å². The van der Waals surface area contributed by atoms with Gasteiger partial charge in [0.25, 0.3) is 0 Å². The average molecular weight is 238 g/mol. The Morgan fingerprint density at radius 2 is 1.62 bits per heavy atom. The summed E-state index contributed by atoms with van der Waals surface area (Å²) in [5, 5.41) is 1.23. The average Bonchev–Trinajstić information content (AvgIpc) is 2.36. The van der Waals surface area contributed by atoms with Crippen LogP contribution in [0.5, 0.6) is 0 Å². The summed E-state index contributed by atoms with van der Waals surface area (Å²) in [4.78, 5) is 0. The first-order valence-electron chi connectivity index (χ1n) is 5.95. The summed E-state index contributed by atoms with van der Waals surface area (Å²) < 4.78 is 11.5. The molecule has 0 aliphatic carbocycles. The van der Waals surface area contributed by atoms with Crippen LogP contribution in [-0.4, -0.2) is 22.8 Å². The molecule has 0 atom stereocenters. The molecule has 0 bridgehead atoms. The fourth-order valence-corrected chi connectivity index (χ4v) is 4.72. The minimum Gasteiger partial charge on any atom is -0.394 e. The van der Waals surface area contributed by atoms with Crippen LogP contribution in [0.2, 0.25) is 6.04 Å². The van der Waals surface area contributed by atoms with Crippen LogP contribution in [0, 0.1) is 0 Å². The Labute approximate surface area is 99.8 Å². The van der Waals surface area contributed by atoms with E-state index in [1.807, 2.05) is 6.07 Å². The molecule has 90 valence electrons. The zero-order valence-electron chi connectivity index (χ0n) is 10.5. The van der Waals surface area contributed by atoms with Gasteiger partial charge in [-0.25, -0.2) is 0 Å². The number of hydrogen-bond acceptors (Lipinski definition) is 2.